The van der Waals surface area contributed by atoms with E-state index >= 15 is 0 Å². The van der Waals surface area contributed by atoms with Crippen molar-refractivity contribution in [1.82, 2.24) is 14.8 Å². The van der Waals surface area contributed by atoms with Gasteiger partial charge in [0.25, 0.3) is 0 Å². The molecule has 0 radical (unpaired) electrons. The summed E-state index contributed by atoms with van der Waals surface area (Å²) in [4.78, 5) is 11.3. The van der Waals surface area contributed by atoms with Crippen LogP contribution < -0.4 is 4.74 Å². The van der Waals surface area contributed by atoms with Crippen molar-refractivity contribution in [3.8, 4) is 17.1 Å². The summed E-state index contributed by atoms with van der Waals surface area (Å²) in [6, 6.07) is 7.85. The number of aromatic nitrogens is 3. The Morgan fingerprint density at radius 2 is 1.96 bits per heavy atom. The molecule has 1 heterocycles. The second kappa shape index (κ2) is 9.32. The number of benzene rings is 1. The fraction of sp³-hybridized carbons (Fsp3) is 0.471. The van der Waals surface area contributed by atoms with E-state index in [0.717, 1.165) is 43.1 Å². The molecule has 0 N–H and O–H groups in total. The summed E-state index contributed by atoms with van der Waals surface area (Å²) in [5.74, 6) is 1.58. The molecule has 1 aromatic carbocycles. The van der Waals surface area contributed by atoms with Crippen LogP contribution in [0.3, 0.4) is 0 Å². The molecule has 24 heavy (non-hydrogen) atoms. The fourth-order valence-corrected chi connectivity index (χ4v) is 2.95. The Labute approximate surface area is 146 Å². The maximum atomic E-state index is 11.3. The van der Waals surface area contributed by atoms with E-state index in [1.54, 1.807) is 0 Å². The Bertz CT molecular complexity index is 656. The van der Waals surface area contributed by atoms with Crippen molar-refractivity contribution in [2.45, 2.75) is 38.4 Å². The maximum absolute atomic E-state index is 11.3. The summed E-state index contributed by atoms with van der Waals surface area (Å²) in [5, 5.41) is 9.16. The Balaban J connectivity index is 2.10. The van der Waals surface area contributed by atoms with Gasteiger partial charge in [0.1, 0.15) is 5.75 Å². The zero-order chi connectivity index (χ0) is 17.4. The van der Waals surface area contributed by atoms with E-state index in [1.807, 2.05) is 35.8 Å². The van der Waals surface area contributed by atoms with Crippen molar-refractivity contribution in [2.24, 2.45) is 0 Å². The minimum atomic E-state index is -0.277. The molecule has 130 valence electrons. The highest BCUT2D eigenvalue weighted by Crippen LogP contribution is 2.25. The van der Waals surface area contributed by atoms with Gasteiger partial charge in [-0.2, -0.15) is 0 Å². The van der Waals surface area contributed by atoms with Gasteiger partial charge in [0.2, 0.25) is 0 Å². The molecular formula is C17H23N3O3S. The van der Waals surface area contributed by atoms with Crippen LogP contribution in [-0.2, 0) is 16.1 Å². The second-order valence-electron chi connectivity index (χ2n) is 5.14. The maximum Gasteiger partial charge on any atom is 0.316 e. The number of carbonyl (C=O) groups is 1. The third-order valence-electron chi connectivity index (χ3n) is 3.46. The minimum Gasteiger partial charge on any atom is -0.494 e. The molecule has 0 aliphatic rings. The van der Waals surface area contributed by atoms with Crippen molar-refractivity contribution < 1.29 is 14.3 Å². The van der Waals surface area contributed by atoms with Crippen molar-refractivity contribution in [1.29, 1.82) is 0 Å². The first-order chi connectivity index (χ1) is 11.7. The Kier molecular flexibility index (Phi) is 7.11. The number of hydrogen-bond acceptors (Lipinski definition) is 6. The lowest BCUT2D eigenvalue weighted by molar-refractivity contribution is -0.137. The molecule has 0 saturated heterocycles. The Morgan fingerprint density at radius 1 is 1.21 bits per heavy atom. The van der Waals surface area contributed by atoms with Gasteiger partial charge in [-0.05, 0) is 37.6 Å². The standard InChI is InChI=1S/C17H23N3O3S/c1-4-6-11-23-14-9-7-13(8-10-14)16-18-19-17(20(16)5-2)24-12-15(21)22-3/h7-10H,4-6,11-12H2,1-3H3. The van der Waals surface area contributed by atoms with E-state index in [4.69, 9.17) is 4.74 Å². The highest BCUT2D eigenvalue weighted by molar-refractivity contribution is 7.99. The van der Waals surface area contributed by atoms with Crippen molar-refractivity contribution in [2.75, 3.05) is 19.5 Å². The van der Waals surface area contributed by atoms with Crippen molar-refractivity contribution in [3.05, 3.63) is 24.3 Å². The predicted octanol–water partition coefficient (Wildman–Crippen LogP) is 3.41. The largest absolute Gasteiger partial charge is 0.494 e. The molecule has 0 amide bonds. The second-order valence-corrected chi connectivity index (χ2v) is 6.08. The summed E-state index contributed by atoms with van der Waals surface area (Å²) in [5.41, 5.74) is 0.970. The number of carbonyl (C=O) groups excluding carboxylic acids is 1. The van der Waals surface area contributed by atoms with Gasteiger partial charge in [-0.25, -0.2) is 0 Å². The Hall–Kier alpha value is -2.02. The Morgan fingerprint density at radius 3 is 2.58 bits per heavy atom. The average molecular weight is 349 g/mol. The molecule has 6 nitrogen and oxygen atoms in total. The van der Waals surface area contributed by atoms with E-state index in [2.05, 4.69) is 21.9 Å². The predicted molar refractivity (Wildman–Crippen MR) is 94.3 cm³/mol. The molecule has 0 aliphatic carbocycles. The number of hydrogen-bond donors (Lipinski definition) is 0. The smallest absolute Gasteiger partial charge is 0.316 e. The highest BCUT2D eigenvalue weighted by Gasteiger charge is 2.14. The van der Waals surface area contributed by atoms with Gasteiger partial charge in [-0.3, -0.25) is 4.79 Å². The SMILES string of the molecule is CCCCOc1ccc(-c2nnc(SCC(=O)OC)n2CC)cc1. The van der Waals surface area contributed by atoms with Crippen LogP contribution in [0.2, 0.25) is 0 Å². The molecule has 0 fully saturated rings. The number of methoxy groups -OCH3 is 1. The molecule has 7 heteroatoms. The molecule has 0 bridgehead atoms. The van der Waals surface area contributed by atoms with Crippen LogP contribution in [0.1, 0.15) is 26.7 Å². The molecule has 0 spiro atoms. The lowest BCUT2D eigenvalue weighted by Gasteiger charge is -2.08. The van der Waals surface area contributed by atoms with Gasteiger partial charge in [0.05, 0.1) is 19.5 Å². The summed E-state index contributed by atoms with van der Waals surface area (Å²) in [6.07, 6.45) is 2.16. The molecule has 0 saturated carbocycles. The summed E-state index contributed by atoms with van der Waals surface area (Å²) < 4.78 is 12.3. The summed E-state index contributed by atoms with van der Waals surface area (Å²) in [6.45, 7) is 5.62. The number of nitrogens with zero attached hydrogens (tertiary/aromatic N) is 3. The molecular weight excluding hydrogens is 326 g/mol. The van der Waals surface area contributed by atoms with Crippen LogP contribution in [0.5, 0.6) is 5.75 Å². The average Bonchev–Trinajstić information content (AvgIpc) is 3.03. The van der Waals surface area contributed by atoms with Crippen LogP contribution in [0.15, 0.2) is 29.4 Å². The van der Waals surface area contributed by atoms with Gasteiger partial charge in [-0.15, -0.1) is 10.2 Å². The summed E-state index contributed by atoms with van der Waals surface area (Å²) in [7, 11) is 1.38. The molecule has 1 aromatic heterocycles. The zero-order valence-corrected chi connectivity index (χ0v) is 15.1. The third-order valence-corrected chi connectivity index (χ3v) is 4.40. The normalized spacial score (nSPS) is 10.6. The minimum absolute atomic E-state index is 0.221. The molecule has 2 rings (SSSR count). The molecule has 0 unspecified atom stereocenters. The van der Waals surface area contributed by atoms with Gasteiger partial charge < -0.3 is 14.0 Å². The van der Waals surface area contributed by atoms with Crippen LogP contribution in [0.25, 0.3) is 11.4 Å². The molecule has 2 aromatic rings. The molecule has 0 aliphatic heterocycles. The lowest BCUT2D eigenvalue weighted by atomic mass is 10.2. The van der Waals surface area contributed by atoms with Crippen molar-refractivity contribution >= 4 is 17.7 Å². The van der Waals surface area contributed by atoms with Gasteiger partial charge in [-0.1, -0.05) is 25.1 Å². The van der Waals surface area contributed by atoms with Gasteiger partial charge in [0.15, 0.2) is 11.0 Å². The van der Waals surface area contributed by atoms with Crippen molar-refractivity contribution in [3.63, 3.8) is 0 Å². The van der Waals surface area contributed by atoms with Crippen LogP contribution in [0, 0.1) is 0 Å². The quantitative estimate of drug-likeness (QED) is 0.393. The lowest BCUT2D eigenvalue weighted by Crippen LogP contribution is -2.05. The molecule has 0 atom stereocenters. The number of thioether (sulfide) groups is 1. The highest BCUT2D eigenvalue weighted by atomic mass is 32.2. The van der Waals surface area contributed by atoms with Gasteiger partial charge in [0, 0.05) is 12.1 Å². The van der Waals surface area contributed by atoms with E-state index in [9.17, 15) is 4.79 Å². The van der Waals surface area contributed by atoms with E-state index in [0.29, 0.717) is 5.16 Å². The summed E-state index contributed by atoms with van der Waals surface area (Å²) >= 11 is 1.33. The third kappa shape index (κ3) is 4.74. The first-order valence-corrected chi connectivity index (χ1v) is 9.04. The van der Waals surface area contributed by atoms with E-state index < -0.39 is 0 Å². The van der Waals surface area contributed by atoms with E-state index in [-0.39, 0.29) is 11.7 Å². The van der Waals surface area contributed by atoms with Crippen LogP contribution >= 0.6 is 11.8 Å². The zero-order valence-electron chi connectivity index (χ0n) is 14.3. The topological polar surface area (TPSA) is 66.2 Å². The van der Waals surface area contributed by atoms with Crippen LogP contribution in [-0.4, -0.2) is 40.2 Å². The number of unbranched alkanes of at least 4 members (excludes halogenated alkanes) is 1. The fourth-order valence-electron chi connectivity index (χ4n) is 2.11. The van der Waals surface area contributed by atoms with Gasteiger partial charge >= 0.3 is 5.97 Å². The first-order valence-electron chi connectivity index (χ1n) is 8.05. The van der Waals surface area contributed by atoms with E-state index in [1.165, 1.54) is 18.9 Å². The van der Waals surface area contributed by atoms with Crippen LogP contribution in [0.4, 0.5) is 0 Å². The number of ether oxygens (including phenoxy) is 2. The number of esters is 1. The first kappa shape index (κ1) is 18.3. The monoisotopic (exact) mass is 349 g/mol. The number of rotatable bonds is 9.